The molecule has 0 amide bonds. The van der Waals surface area contributed by atoms with E-state index in [1.54, 1.807) is 12.1 Å². The van der Waals surface area contributed by atoms with Crippen molar-refractivity contribution in [2.75, 3.05) is 5.32 Å². The van der Waals surface area contributed by atoms with Crippen LogP contribution in [0.4, 0.5) is 11.4 Å². The molecule has 0 spiro atoms. The molecule has 1 N–H and O–H groups in total. The Kier molecular flexibility index (Phi) is 3.09. The third-order valence-electron chi connectivity index (χ3n) is 2.96. The van der Waals surface area contributed by atoms with Crippen LogP contribution in [0.25, 0.3) is 0 Å². The fraction of sp³-hybridized carbons (Fsp3) is 0.286. The van der Waals surface area contributed by atoms with Crippen molar-refractivity contribution in [1.29, 1.82) is 0 Å². The summed E-state index contributed by atoms with van der Waals surface area (Å²) in [6.07, 6.45) is 7.48. The summed E-state index contributed by atoms with van der Waals surface area (Å²) in [6.45, 7) is 4.25. The first-order valence-corrected chi connectivity index (χ1v) is 5.69. The number of benzene rings is 1. The number of allylic oxidation sites excluding steroid dienone is 2. The Morgan fingerprint density at radius 2 is 2.00 bits per heavy atom. The van der Waals surface area contributed by atoms with Gasteiger partial charge in [-0.2, -0.15) is 0 Å². The molecule has 0 saturated heterocycles. The molecule has 0 saturated carbocycles. The molecule has 1 unspecified atom stereocenters. The third-order valence-corrected chi connectivity index (χ3v) is 2.96. The minimum atomic E-state index is -0.0599. The maximum atomic E-state index is 10.3. The summed E-state index contributed by atoms with van der Waals surface area (Å²) in [5, 5.41) is 6.34. The number of hydrogen-bond acceptors (Lipinski definition) is 3. The minimum Gasteiger partial charge on any atom is -0.376 e. The summed E-state index contributed by atoms with van der Waals surface area (Å²) >= 11 is 0. The van der Waals surface area contributed by atoms with Gasteiger partial charge in [-0.05, 0) is 49.7 Å². The molecule has 3 nitrogen and oxygen atoms in total. The molecule has 17 heavy (non-hydrogen) atoms. The highest BCUT2D eigenvalue weighted by molar-refractivity contribution is 5.53. The van der Waals surface area contributed by atoms with Crippen molar-refractivity contribution in [2.24, 2.45) is 5.18 Å². The highest BCUT2D eigenvalue weighted by atomic mass is 16.3. The predicted octanol–water partition coefficient (Wildman–Crippen LogP) is 4.16. The number of anilines is 1. The van der Waals surface area contributed by atoms with Gasteiger partial charge in [0.15, 0.2) is 0 Å². The van der Waals surface area contributed by atoms with Gasteiger partial charge in [0.1, 0.15) is 5.69 Å². The Morgan fingerprint density at radius 3 is 2.53 bits per heavy atom. The fourth-order valence-electron chi connectivity index (χ4n) is 1.85. The van der Waals surface area contributed by atoms with E-state index in [0.717, 1.165) is 12.1 Å². The molecule has 1 aromatic carbocycles. The van der Waals surface area contributed by atoms with E-state index < -0.39 is 0 Å². The number of hydrogen-bond donors (Lipinski definition) is 1. The van der Waals surface area contributed by atoms with Gasteiger partial charge in [-0.3, -0.25) is 0 Å². The first-order valence-electron chi connectivity index (χ1n) is 5.69. The second kappa shape index (κ2) is 4.53. The van der Waals surface area contributed by atoms with Gasteiger partial charge in [-0.25, -0.2) is 0 Å². The zero-order valence-electron chi connectivity index (χ0n) is 10.1. The lowest BCUT2D eigenvalue weighted by Crippen LogP contribution is -2.32. The number of nitrogens with zero attached hydrogens (tertiary/aromatic N) is 1. The third kappa shape index (κ3) is 2.81. The van der Waals surface area contributed by atoms with E-state index >= 15 is 0 Å². The molecule has 0 radical (unpaired) electrons. The molecule has 2 rings (SSSR count). The largest absolute Gasteiger partial charge is 0.376 e. The van der Waals surface area contributed by atoms with Gasteiger partial charge in [-0.15, -0.1) is 4.91 Å². The molecule has 1 aliphatic rings. The lowest BCUT2D eigenvalue weighted by molar-refractivity contribution is 0.637. The van der Waals surface area contributed by atoms with Gasteiger partial charge in [0.25, 0.3) is 0 Å². The van der Waals surface area contributed by atoms with E-state index in [9.17, 15) is 4.91 Å². The van der Waals surface area contributed by atoms with E-state index in [0.29, 0.717) is 5.69 Å². The van der Waals surface area contributed by atoms with Crippen molar-refractivity contribution in [1.82, 2.24) is 0 Å². The SMILES string of the molecule is CC1=CCC(C)(Nc2ccc(N=O)cc2)C=C1. The summed E-state index contributed by atoms with van der Waals surface area (Å²) in [7, 11) is 0. The Hall–Kier alpha value is -1.90. The highest BCUT2D eigenvalue weighted by Gasteiger charge is 2.21. The van der Waals surface area contributed by atoms with Crippen LogP contribution in [0.5, 0.6) is 0 Å². The van der Waals surface area contributed by atoms with Crippen LogP contribution in [0, 0.1) is 4.91 Å². The van der Waals surface area contributed by atoms with Crippen LogP contribution >= 0.6 is 0 Å². The second-order valence-electron chi connectivity index (χ2n) is 4.67. The molecule has 1 aliphatic carbocycles. The van der Waals surface area contributed by atoms with Gasteiger partial charge in [0, 0.05) is 5.69 Å². The summed E-state index contributed by atoms with van der Waals surface area (Å²) in [5.41, 5.74) is 2.69. The Balaban J connectivity index is 2.10. The van der Waals surface area contributed by atoms with Crippen molar-refractivity contribution < 1.29 is 0 Å². The van der Waals surface area contributed by atoms with Crippen molar-refractivity contribution in [2.45, 2.75) is 25.8 Å². The van der Waals surface area contributed by atoms with E-state index in [-0.39, 0.29) is 5.54 Å². The van der Waals surface area contributed by atoms with Crippen molar-refractivity contribution in [3.8, 4) is 0 Å². The van der Waals surface area contributed by atoms with Gasteiger partial charge in [-0.1, -0.05) is 23.8 Å². The molecule has 0 aromatic heterocycles. The average Bonchev–Trinajstić information content (AvgIpc) is 2.34. The van der Waals surface area contributed by atoms with E-state index in [4.69, 9.17) is 0 Å². The normalized spacial score (nSPS) is 23.1. The zero-order chi connectivity index (χ0) is 12.3. The molecule has 0 aliphatic heterocycles. The lowest BCUT2D eigenvalue weighted by atomic mass is 9.90. The Bertz CT molecular complexity index is 474. The minimum absolute atomic E-state index is 0.0599. The monoisotopic (exact) mass is 228 g/mol. The van der Waals surface area contributed by atoms with Gasteiger partial charge in [0.05, 0.1) is 5.54 Å². The smallest absolute Gasteiger partial charge is 0.108 e. The molecule has 1 atom stereocenters. The van der Waals surface area contributed by atoms with Crippen LogP contribution in [0.2, 0.25) is 0 Å². The lowest BCUT2D eigenvalue weighted by Gasteiger charge is -2.30. The first-order chi connectivity index (χ1) is 8.11. The predicted molar refractivity (Wildman–Crippen MR) is 71.4 cm³/mol. The van der Waals surface area contributed by atoms with Gasteiger partial charge >= 0.3 is 0 Å². The molecule has 88 valence electrons. The average molecular weight is 228 g/mol. The second-order valence-corrected chi connectivity index (χ2v) is 4.67. The van der Waals surface area contributed by atoms with Gasteiger partial charge in [0.2, 0.25) is 0 Å². The molecule has 1 aromatic rings. The molecule has 0 fully saturated rings. The molecular weight excluding hydrogens is 212 g/mol. The van der Waals surface area contributed by atoms with Crippen molar-refractivity contribution >= 4 is 11.4 Å². The standard InChI is InChI=1S/C14H16N2O/c1-11-7-9-14(2,10-8-11)15-12-3-5-13(16-17)6-4-12/h3-9,15H,10H2,1-2H3. The number of rotatable bonds is 3. The summed E-state index contributed by atoms with van der Waals surface area (Å²) in [5.74, 6) is 0. The van der Waals surface area contributed by atoms with Crippen molar-refractivity contribution in [3.05, 3.63) is 53.0 Å². The van der Waals surface area contributed by atoms with E-state index in [1.807, 2.05) is 12.1 Å². The Labute approximate surface area is 101 Å². The van der Waals surface area contributed by atoms with Crippen LogP contribution < -0.4 is 5.32 Å². The molecule has 0 bridgehead atoms. The van der Waals surface area contributed by atoms with Crippen LogP contribution in [0.3, 0.4) is 0 Å². The van der Waals surface area contributed by atoms with Crippen molar-refractivity contribution in [3.63, 3.8) is 0 Å². The number of nitroso groups, excluding NO2 is 1. The Morgan fingerprint density at radius 1 is 1.29 bits per heavy atom. The van der Waals surface area contributed by atoms with Crippen LogP contribution in [0.1, 0.15) is 20.3 Å². The quantitative estimate of drug-likeness (QED) is 0.789. The van der Waals surface area contributed by atoms with E-state index in [1.165, 1.54) is 5.57 Å². The van der Waals surface area contributed by atoms with Crippen LogP contribution in [0.15, 0.2) is 53.2 Å². The summed E-state index contributed by atoms with van der Waals surface area (Å²) in [6, 6.07) is 7.18. The maximum absolute atomic E-state index is 10.3. The molecule has 3 heteroatoms. The maximum Gasteiger partial charge on any atom is 0.108 e. The number of nitrogens with one attached hydrogen (secondary N) is 1. The van der Waals surface area contributed by atoms with Crippen LogP contribution in [-0.4, -0.2) is 5.54 Å². The highest BCUT2D eigenvalue weighted by Crippen LogP contribution is 2.26. The fourth-order valence-corrected chi connectivity index (χ4v) is 1.85. The summed E-state index contributed by atoms with van der Waals surface area (Å²) < 4.78 is 0. The zero-order valence-corrected chi connectivity index (χ0v) is 10.1. The summed E-state index contributed by atoms with van der Waals surface area (Å²) in [4.78, 5) is 10.3. The van der Waals surface area contributed by atoms with Gasteiger partial charge < -0.3 is 5.32 Å². The van der Waals surface area contributed by atoms with Crippen LogP contribution in [-0.2, 0) is 0 Å². The first kappa shape index (κ1) is 11.6. The molecular formula is C14H16N2O. The van der Waals surface area contributed by atoms with E-state index in [2.05, 4.69) is 42.6 Å². The topological polar surface area (TPSA) is 41.5 Å². The molecule has 0 heterocycles.